The summed E-state index contributed by atoms with van der Waals surface area (Å²) >= 11 is 0. The van der Waals surface area contributed by atoms with E-state index in [9.17, 15) is 0 Å². The van der Waals surface area contributed by atoms with Gasteiger partial charge in [-0.2, -0.15) is 0 Å². The SMILES string of the molecule is CCNc1cc(N2CCc3ccccc3CC2)ccn1. The van der Waals surface area contributed by atoms with E-state index in [0.29, 0.717) is 0 Å². The molecule has 0 bridgehead atoms. The molecule has 0 amide bonds. The minimum absolute atomic E-state index is 0.905. The Balaban J connectivity index is 1.78. The molecular formula is C17H21N3. The molecule has 3 heteroatoms. The molecule has 0 spiro atoms. The standard InChI is InChI=1S/C17H21N3/c1-2-18-17-13-16(7-10-19-17)20-11-8-14-5-3-4-6-15(14)9-12-20/h3-7,10,13H,2,8-9,11-12H2,1H3,(H,18,19). The van der Waals surface area contributed by atoms with E-state index in [4.69, 9.17) is 0 Å². The van der Waals surface area contributed by atoms with Gasteiger partial charge in [0.15, 0.2) is 0 Å². The molecule has 1 aromatic heterocycles. The van der Waals surface area contributed by atoms with Gasteiger partial charge >= 0.3 is 0 Å². The molecule has 2 heterocycles. The van der Waals surface area contributed by atoms with Crippen molar-refractivity contribution in [3.05, 3.63) is 53.7 Å². The van der Waals surface area contributed by atoms with Gasteiger partial charge in [-0.05, 0) is 37.0 Å². The number of aromatic nitrogens is 1. The Bertz CT molecular complexity index is 553. The molecular weight excluding hydrogens is 246 g/mol. The van der Waals surface area contributed by atoms with Crippen LogP contribution in [0.5, 0.6) is 0 Å². The number of hydrogen-bond acceptors (Lipinski definition) is 3. The Morgan fingerprint density at radius 1 is 1.10 bits per heavy atom. The first kappa shape index (κ1) is 13.0. The van der Waals surface area contributed by atoms with Crippen molar-refractivity contribution in [2.24, 2.45) is 0 Å². The second-order valence-electron chi connectivity index (χ2n) is 5.19. The molecule has 104 valence electrons. The molecule has 1 N–H and O–H groups in total. The fraction of sp³-hybridized carbons (Fsp3) is 0.353. The normalized spacial score (nSPS) is 14.6. The summed E-state index contributed by atoms with van der Waals surface area (Å²) in [6.07, 6.45) is 4.13. The van der Waals surface area contributed by atoms with Gasteiger partial charge < -0.3 is 10.2 Å². The van der Waals surface area contributed by atoms with Crippen molar-refractivity contribution in [3.8, 4) is 0 Å². The minimum atomic E-state index is 0.905. The molecule has 0 saturated heterocycles. The van der Waals surface area contributed by atoms with E-state index in [1.807, 2.05) is 6.20 Å². The highest BCUT2D eigenvalue weighted by molar-refractivity contribution is 5.54. The highest BCUT2D eigenvalue weighted by atomic mass is 15.1. The first-order chi connectivity index (χ1) is 9.86. The Kier molecular flexibility index (Phi) is 3.86. The van der Waals surface area contributed by atoms with Crippen LogP contribution in [-0.2, 0) is 12.8 Å². The molecule has 0 saturated carbocycles. The summed E-state index contributed by atoms with van der Waals surface area (Å²) < 4.78 is 0. The maximum atomic E-state index is 4.35. The first-order valence-electron chi connectivity index (χ1n) is 7.38. The van der Waals surface area contributed by atoms with Gasteiger partial charge in [-0.25, -0.2) is 4.98 Å². The van der Waals surface area contributed by atoms with E-state index in [-0.39, 0.29) is 0 Å². The minimum Gasteiger partial charge on any atom is -0.371 e. The Morgan fingerprint density at radius 2 is 1.80 bits per heavy atom. The summed E-state index contributed by atoms with van der Waals surface area (Å²) in [6, 6.07) is 13.1. The highest BCUT2D eigenvalue weighted by Crippen LogP contribution is 2.22. The summed E-state index contributed by atoms with van der Waals surface area (Å²) in [7, 11) is 0. The van der Waals surface area contributed by atoms with Crippen molar-refractivity contribution in [1.82, 2.24) is 4.98 Å². The van der Waals surface area contributed by atoms with Gasteiger partial charge in [-0.15, -0.1) is 0 Å². The number of rotatable bonds is 3. The molecule has 1 aliphatic rings. The van der Waals surface area contributed by atoms with Crippen molar-refractivity contribution in [1.29, 1.82) is 0 Å². The van der Waals surface area contributed by atoms with Crippen molar-refractivity contribution in [2.45, 2.75) is 19.8 Å². The zero-order chi connectivity index (χ0) is 13.8. The van der Waals surface area contributed by atoms with Crippen molar-refractivity contribution in [3.63, 3.8) is 0 Å². The molecule has 0 atom stereocenters. The van der Waals surface area contributed by atoms with Crippen LogP contribution in [0.4, 0.5) is 11.5 Å². The number of anilines is 2. The summed E-state index contributed by atoms with van der Waals surface area (Å²) in [4.78, 5) is 6.81. The van der Waals surface area contributed by atoms with E-state index in [1.165, 1.54) is 16.8 Å². The van der Waals surface area contributed by atoms with Crippen LogP contribution in [0.1, 0.15) is 18.1 Å². The quantitative estimate of drug-likeness (QED) is 0.926. The lowest BCUT2D eigenvalue weighted by Gasteiger charge is -2.23. The Hall–Kier alpha value is -2.03. The third kappa shape index (κ3) is 2.77. The fourth-order valence-electron chi connectivity index (χ4n) is 2.82. The molecule has 3 rings (SSSR count). The third-order valence-corrected chi connectivity index (χ3v) is 3.89. The van der Waals surface area contributed by atoms with Gasteiger partial charge in [0.2, 0.25) is 0 Å². The largest absolute Gasteiger partial charge is 0.371 e. The van der Waals surface area contributed by atoms with Crippen LogP contribution < -0.4 is 10.2 Å². The van der Waals surface area contributed by atoms with E-state index in [0.717, 1.165) is 38.3 Å². The lowest BCUT2D eigenvalue weighted by Crippen LogP contribution is -2.26. The van der Waals surface area contributed by atoms with Gasteiger partial charge in [0.25, 0.3) is 0 Å². The van der Waals surface area contributed by atoms with Crippen LogP contribution in [0.25, 0.3) is 0 Å². The van der Waals surface area contributed by atoms with Crippen LogP contribution in [0, 0.1) is 0 Å². The molecule has 1 aliphatic heterocycles. The lowest BCUT2D eigenvalue weighted by molar-refractivity contribution is 0.805. The zero-order valence-corrected chi connectivity index (χ0v) is 12.0. The number of nitrogens with one attached hydrogen (secondary N) is 1. The van der Waals surface area contributed by atoms with Crippen LogP contribution in [0.3, 0.4) is 0 Å². The van der Waals surface area contributed by atoms with Crippen molar-refractivity contribution >= 4 is 11.5 Å². The highest BCUT2D eigenvalue weighted by Gasteiger charge is 2.14. The zero-order valence-electron chi connectivity index (χ0n) is 12.0. The van der Waals surface area contributed by atoms with Crippen LogP contribution >= 0.6 is 0 Å². The summed E-state index contributed by atoms with van der Waals surface area (Å²) in [5.74, 6) is 0.965. The average molecular weight is 267 g/mol. The smallest absolute Gasteiger partial charge is 0.127 e. The maximum Gasteiger partial charge on any atom is 0.127 e. The number of hydrogen-bond donors (Lipinski definition) is 1. The predicted molar refractivity (Wildman–Crippen MR) is 84.5 cm³/mol. The topological polar surface area (TPSA) is 28.2 Å². The second-order valence-corrected chi connectivity index (χ2v) is 5.19. The summed E-state index contributed by atoms with van der Waals surface area (Å²) in [6.45, 7) is 5.15. The predicted octanol–water partition coefficient (Wildman–Crippen LogP) is 3.12. The van der Waals surface area contributed by atoms with Gasteiger partial charge in [0.1, 0.15) is 5.82 Å². The number of pyridine rings is 1. The van der Waals surface area contributed by atoms with E-state index in [1.54, 1.807) is 0 Å². The van der Waals surface area contributed by atoms with Crippen LogP contribution in [0.15, 0.2) is 42.6 Å². The molecule has 1 aromatic carbocycles. The van der Waals surface area contributed by atoms with Crippen molar-refractivity contribution < 1.29 is 0 Å². The van der Waals surface area contributed by atoms with Crippen LogP contribution in [-0.4, -0.2) is 24.6 Å². The summed E-state index contributed by atoms with van der Waals surface area (Å²) in [5.41, 5.74) is 4.26. The molecule has 20 heavy (non-hydrogen) atoms. The average Bonchev–Trinajstić information content (AvgIpc) is 2.70. The van der Waals surface area contributed by atoms with E-state index >= 15 is 0 Å². The molecule has 3 nitrogen and oxygen atoms in total. The van der Waals surface area contributed by atoms with E-state index < -0.39 is 0 Å². The molecule has 0 aliphatic carbocycles. The van der Waals surface area contributed by atoms with E-state index in [2.05, 4.69) is 58.5 Å². The number of benzene rings is 1. The van der Waals surface area contributed by atoms with Crippen molar-refractivity contribution in [2.75, 3.05) is 29.9 Å². The van der Waals surface area contributed by atoms with Crippen LogP contribution in [0.2, 0.25) is 0 Å². The molecule has 0 fully saturated rings. The number of fused-ring (bicyclic) bond motifs is 1. The third-order valence-electron chi connectivity index (χ3n) is 3.89. The monoisotopic (exact) mass is 267 g/mol. The second kappa shape index (κ2) is 5.95. The Morgan fingerprint density at radius 3 is 2.45 bits per heavy atom. The fourth-order valence-corrected chi connectivity index (χ4v) is 2.82. The Labute approximate surface area is 120 Å². The summed E-state index contributed by atoms with van der Waals surface area (Å²) in [5, 5.41) is 3.28. The first-order valence-corrected chi connectivity index (χ1v) is 7.38. The molecule has 0 radical (unpaired) electrons. The van der Waals surface area contributed by atoms with Gasteiger partial charge in [0.05, 0.1) is 0 Å². The van der Waals surface area contributed by atoms with Gasteiger partial charge in [-0.3, -0.25) is 0 Å². The number of nitrogens with zero attached hydrogens (tertiary/aromatic N) is 2. The maximum absolute atomic E-state index is 4.35. The van der Waals surface area contributed by atoms with Gasteiger partial charge in [0, 0.05) is 37.6 Å². The molecule has 0 unspecified atom stereocenters. The molecule has 2 aromatic rings. The van der Waals surface area contributed by atoms with Gasteiger partial charge in [-0.1, -0.05) is 24.3 Å². The lowest BCUT2D eigenvalue weighted by atomic mass is 10.0.